The van der Waals surface area contributed by atoms with E-state index < -0.39 is 5.54 Å². The lowest BCUT2D eigenvalue weighted by Crippen LogP contribution is -2.47. The van der Waals surface area contributed by atoms with Crippen LogP contribution in [0.5, 0.6) is 0 Å². The van der Waals surface area contributed by atoms with Gasteiger partial charge in [-0.05, 0) is 26.7 Å². The van der Waals surface area contributed by atoms with Crippen LogP contribution in [-0.2, 0) is 9.59 Å². The molecule has 5 nitrogen and oxygen atoms in total. The van der Waals surface area contributed by atoms with Gasteiger partial charge in [-0.3, -0.25) is 9.59 Å². The zero-order valence-corrected chi connectivity index (χ0v) is 13.6. The molecule has 5 heteroatoms. The fraction of sp³-hybridized carbons (Fsp3) is 0.867. The number of nitrogens with one attached hydrogen (secondary N) is 2. The van der Waals surface area contributed by atoms with Crippen LogP contribution in [0.4, 0.5) is 0 Å². The van der Waals surface area contributed by atoms with Crippen LogP contribution in [0, 0.1) is 11.8 Å². The monoisotopic (exact) mass is 286 g/mol. The summed E-state index contributed by atoms with van der Waals surface area (Å²) < 4.78 is 0. The third-order valence-corrected chi connectivity index (χ3v) is 2.83. The minimum atomic E-state index is -0.499. The number of aliphatic hydroxyl groups is 1. The summed E-state index contributed by atoms with van der Waals surface area (Å²) in [5.74, 6) is 0.285. The second-order valence-corrected chi connectivity index (χ2v) is 6.62. The predicted molar refractivity (Wildman–Crippen MR) is 80.1 cm³/mol. The molecule has 0 radical (unpaired) electrons. The number of carbonyl (C=O) groups is 2. The zero-order valence-electron chi connectivity index (χ0n) is 13.6. The Morgan fingerprint density at radius 1 is 1.10 bits per heavy atom. The van der Waals surface area contributed by atoms with Crippen LogP contribution in [-0.4, -0.2) is 35.1 Å². The number of carbonyl (C=O) groups excluding carboxylic acids is 2. The van der Waals surface area contributed by atoms with E-state index in [2.05, 4.69) is 10.6 Å². The van der Waals surface area contributed by atoms with E-state index in [1.807, 2.05) is 27.7 Å². The van der Waals surface area contributed by atoms with E-state index in [1.165, 1.54) is 12.8 Å². The summed E-state index contributed by atoms with van der Waals surface area (Å²) in [5.41, 5.74) is -0.499. The second-order valence-electron chi connectivity index (χ2n) is 6.62. The number of hydrogen-bond acceptors (Lipinski definition) is 3. The van der Waals surface area contributed by atoms with Crippen molar-refractivity contribution in [2.24, 2.45) is 11.8 Å². The molecule has 3 N–H and O–H groups in total. The van der Waals surface area contributed by atoms with Crippen molar-refractivity contribution in [3.63, 3.8) is 0 Å². The van der Waals surface area contributed by atoms with Crippen molar-refractivity contribution in [2.75, 3.05) is 6.61 Å². The third kappa shape index (κ3) is 8.91. The van der Waals surface area contributed by atoms with E-state index in [-0.39, 0.29) is 30.3 Å². The SMILES string of the molecule is CC(C)C(=O)NC(C)(C)CO.CC(C)C(=O)NC1CC1. The molecule has 118 valence electrons. The van der Waals surface area contributed by atoms with Crippen LogP contribution in [0.25, 0.3) is 0 Å². The molecular weight excluding hydrogens is 256 g/mol. The molecule has 1 saturated carbocycles. The standard InChI is InChI=1S/C8H17NO2.C7H13NO/c1-6(2)7(11)9-8(3,4)5-10;1-5(2)7(9)8-6-3-4-6/h6,10H,5H2,1-4H3,(H,9,11);5-6H,3-4H2,1-2H3,(H,8,9). The summed E-state index contributed by atoms with van der Waals surface area (Å²) >= 11 is 0. The maximum absolute atomic E-state index is 11.1. The zero-order chi connectivity index (χ0) is 15.9. The van der Waals surface area contributed by atoms with Gasteiger partial charge >= 0.3 is 0 Å². The Morgan fingerprint density at radius 3 is 1.85 bits per heavy atom. The van der Waals surface area contributed by atoms with Crippen molar-refractivity contribution >= 4 is 11.8 Å². The highest BCUT2D eigenvalue weighted by atomic mass is 16.3. The number of aliphatic hydroxyl groups excluding tert-OH is 1. The lowest BCUT2D eigenvalue weighted by Gasteiger charge is -2.24. The van der Waals surface area contributed by atoms with Gasteiger partial charge < -0.3 is 15.7 Å². The highest BCUT2D eigenvalue weighted by molar-refractivity contribution is 5.78. The van der Waals surface area contributed by atoms with Crippen LogP contribution in [0.15, 0.2) is 0 Å². The van der Waals surface area contributed by atoms with Crippen LogP contribution < -0.4 is 10.6 Å². The fourth-order valence-corrected chi connectivity index (χ4v) is 1.11. The van der Waals surface area contributed by atoms with Crippen molar-refractivity contribution < 1.29 is 14.7 Å². The molecule has 0 spiro atoms. The molecule has 0 aromatic rings. The Labute approximate surface area is 122 Å². The second kappa shape index (κ2) is 8.25. The summed E-state index contributed by atoms with van der Waals surface area (Å²) in [6, 6.07) is 0.514. The normalized spacial score (nSPS) is 14.7. The Morgan fingerprint density at radius 2 is 1.55 bits per heavy atom. The van der Waals surface area contributed by atoms with Crippen molar-refractivity contribution in [2.45, 2.75) is 66.0 Å². The molecule has 20 heavy (non-hydrogen) atoms. The fourth-order valence-electron chi connectivity index (χ4n) is 1.11. The Hall–Kier alpha value is -1.10. The predicted octanol–water partition coefficient (Wildman–Crippen LogP) is 1.45. The number of amides is 2. The molecule has 1 aliphatic carbocycles. The van der Waals surface area contributed by atoms with E-state index in [4.69, 9.17) is 5.11 Å². The molecule has 1 rings (SSSR count). The first-order valence-electron chi connectivity index (χ1n) is 7.32. The third-order valence-electron chi connectivity index (χ3n) is 2.83. The summed E-state index contributed by atoms with van der Waals surface area (Å²) in [7, 11) is 0. The average molecular weight is 286 g/mol. The van der Waals surface area contributed by atoms with Crippen molar-refractivity contribution in [3.05, 3.63) is 0 Å². The van der Waals surface area contributed by atoms with Gasteiger partial charge in [0, 0.05) is 17.9 Å². The lowest BCUT2D eigenvalue weighted by atomic mass is 10.1. The van der Waals surface area contributed by atoms with E-state index in [1.54, 1.807) is 13.8 Å². The van der Waals surface area contributed by atoms with E-state index in [0.717, 1.165) is 0 Å². The van der Waals surface area contributed by atoms with Gasteiger partial charge in [-0.15, -0.1) is 0 Å². The van der Waals surface area contributed by atoms with Gasteiger partial charge in [0.15, 0.2) is 0 Å². The van der Waals surface area contributed by atoms with Gasteiger partial charge in [0.25, 0.3) is 0 Å². The van der Waals surface area contributed by atoms with Crippen molar-refractivity contribution in [1.29, 1.82) is 0 Å². The quantitative estimate of drug-likeness (QED) is 0.716. The molecule has 1 aliphatic rings. The lowest BCUT2D eigenvalue weighted by molar-refractivity contribution is -0.126. The van der Waals surface area contributed by atoms with Crippen LogP contribution in [0.2, 0.25) is 0 Å². The van der Waals surface area contributed by atoms with Gasteiger partial charge in [-0.25, -0.2) is 0 Å². The summed E-state index contributed by atoms with van der Waals surface area (Å²) in [6.07, 6.45) is 2.36. The Balaban J connectivity index is 0.000000367. The average Bonchev–Trinajstić information content (AvgIpc) is 3.13. The van der Waals surface area contributed by atoms with E-state index in [9.17, 15) is 9.59 Å². The minimum absolute atomic E-state index is 0.0240. The summed E-state index contributed by atoms with van der Waals surface area (Å²) in [4.78, 5) is 22.0. The topological polar surface area (TPSA) is 78.4 Å². The van der Waals surface area contributed by atoms with Gasteiger partial charge in [-0.2, -0.15) is 0 Å². The largest absolute Gasteiger partial charge is 0.394 e. The molecule has 0 unspecified atom stereocenters. The molecular formula is C15H30N2O3. The molecule has 0 aliphatic heterocycles. The molecule has 0 saturated heterocycles. The first-order chi connectivity index (χ1) is 9.09. The summed E-state index contributed by atoms with van der Waals surface area (Å²) in [5, 5.41) is 14.4. The minimum Gasteiger partial charge on any atom is -0.394 e. The van der Waals surface area contributed by atoms with Crippen LogP contribution in [0.3, 0.4) is 0 Å². The maximum Gasteiger partial charge on any atom is 0.223 e. The van der Waals surface area contributed by atoms with Crippen molar-refractivity contribution in [1.82, 2.24) is 10.6 Å². The first-order valence-corrected chi connectivity index (χ1v) is 7.32. The van der Waals surface area contributed by atoms with Crippen LogP contribution in [0.1, 0.15) is 54.4 Å². The van der Waals surface area contributed by atoms with Gasteiger partial charge in [-0.1, -0.05) is 27.7 Å². The van der Waals surface area contributed by atoms with E-state index >= 15 is 0 Å². The van der Waals surface area contributed by atoms with Crippen molar-refractivity contribution in [3.8, 4) is 0 Å². The maximum atomic E-state index is 11.1. The highest BCUT2D eigenvalue weighted by Gasteiger charge is 2.23. The number of hydrogen-bond donors (Lipinski definition) is 3. The van der Waals surface area contributed by atoms with Gasteiger partial charge in [0.1, 0.15) is 0 Å². The Kier molecular flexibility index (Phi) is 7.79. The summed E-state index contributed by atoms with van der Waals surface area (Å²) in [6.45, 7) is 11.0. The van der Waals surface area contributed by atoms with Gasteiger partial charge in [0.2, 0.25) is 11.8 Å². The molecule has 0 aromatic heterocycles. The first kappa shape index (κ1) is 18.9. The smallest absolute Gasteiger partial charge is 0.223 e. The molecule has 2 amide bonds. The molecule has 1 fully saturated rings. The molecule has 0 heterocycles. The Bertz CT molecular complexity index is 321. The molecule has 0 atom stereocenters. The van der Waals surface area contributed by atoms with E-state index in [0.29, 0.717) is 6.04 Å². The number of rotatable bonds is 5. The van der Waals surface area contributed by atoms with Gasteiger partial charge in [0.05, 0.1) is 12.1 Å². The highest BCUT2D eigenvalue weighted by Crippen LogP contribution is 2.18. The molecule has 0 aromatic carbocycles. The molecule has 0 bridgehead atoms. The van der Waals surface area contributed by atoms with Crippen LogP contribution >= 0.6 is 0 Å².